The maximum atomic E-state index is 11.9. The van der Waals surface area contributed by atoms with Crippen LogP contribution in [0.3, 0.4) is 0 Å². The second kappa shape index (κ2) is 14.4. The number of hydrogen-bond donors (Lipinski definition) is 0. The first-order valence-corrected chi connectivity index (χ1v) is 14.7. The SMILES string of the molecule is CCCc1c(OCCCSCC2CSC(C)(CCCC(=O)OC)S2)ccc(C(C)=O)c1OC. The molecule has 33 heavy (non-hydrogen) atoms. The van der Waals surface area contributed by atoms with Gasteiger partial charge in [0.05, 0.1) is 30.5 Å². The van der Waals surface area contributed by atoms with E-state index in [1.165, 1.54) is 12.9 Å². The molecule has 1 aromatic carbocycles. The minimum Gasteiger partial charge on any atom is -0.496 e. The van der Waals surface area contributed by atoms with E-state index in [1.54, 1.807) is 14.0 Å². The molecular weight excluding hydrogens is 476 g/mol. The Hall–Kier alpha value is -0.990. The van der Waals surface area contributed by atoms with Crippen LogP contribution in [0.5, 0.6) is 11.5 Å². The summed E-state index contributed by atoms with van der Waals surface area (Å²) in [7, 11) is 3.07. The van der Waals surface area contributed by atoms with E-state index in [1.807, 2.05) is 35.7 Å². The molecule has 5 nitrogen and oxygen atoms in total. The first kappa shape index (κ1) is 28.2. The number of methoxy groups -OCH3 is 2. The van der Waals surface area contributed by atoms with Crippen LogP contribution in [0.1, 0.15) is 68.8 Å². The van der Waals surface area contributed by atoms with E-state index in [-0.39, 0.29) is 15.8 Å². The van der Waals surface area contributed by atoms with Gasteiger partial charge in [0.25, 0.3) is 0 Å². The number of benzene rings is 1. The average molecular weight is 515 g/mol. The zero-order valence-electron chi connectivity index (χ0n) is 20.6. The summed E-state index contributed by atoms with van der Waals surface area (Å²) in [6.45, 7) is 6.64. The smallest absolute Gasteiger partial charge is 0.305 e. The first-order chi connectivity index (χ1) is 15.8. The largest absolute Gasteiger partial charge is 0.496 e. The average Bonchev–Trinajstić information content (AvgIpc) is 3.17. The lowest BCUT2D eigenvalue weighted by molar-refractivity contribution is -0.140. The van der Waals surface area contributed by atoms with Crippen molar-refractivity contribution in [3.05, 3.63) is 23.3 Å². The predicted molar refractivity (Wildman–Crippen MR) is 143 cm³/mol. The highest BCUT2D eigenvalue weighted by atomic mass is 32.2. The fraction of sp³-hybridized carbons (Fsp3) is 0.680. The lowest BCUT2D eigenvalue weighted by atomic mass is 10.0. The molecule has 1 aliphatic heterocycles. The van der Waals surface area contributed by atoms with Crippen molar-refractivity contribution in [2.75, 3.05) is 38.1 Å². The normalized spacial score (nSPS) is 20.0. The lowest BCUT2D eigenvalue weighted by Crippen LogP contribution is -2.14. The first-order valence-electron chi connectivity index (χ1n) is 11.6. The predicted octanol–water partition coefficient (Wildman–Crippen LogP) is 6.26. The van der Waals surface area contributed by atoms with Gasteiger partial charge in [-0.3, -0.25) is 9.59 Å². The van der Waals surface area contributed by atoms with Gasteiger partial charge in [0.15, 0.2) is 5.78 Å². The van der Waals surface area contributed by atoms with Crippen LogP contribution in [-0.4, -0.2) is 59.2 Å². The molecule has 0 N–H and O–H groups in total. The Labute approximate surface area is 211 Å². The molecule has 2 rings (SSSR count). The van der Waals surface area contributed by atoms with E-state index in [0.29, 0.717) is 29.6 Å². The Morgan fingerprint density at radius 2 is 2.03 bits per heavy atom. The van der Waals surface area contributed by atoms with Gasteiger partial charge in [0.2, 0.25) is 0 Å². The second-order valence-corrected chi connectivity index (χ2v) is 13.1. The van der Waals surface area contributed by atoms with Crippen molar-refractivity contribution in [1.82, 2.24) is 0 Å². The number of esters is 1. The summed E-state index contributed by atoms with van der Waals surface area (Å²) in [5.41, 5.74) is 1.61. The minimum absolute atomic E-state index is 0.00895. The summed E-state index contributed by atoms with van der Waals surface area (Å²) in [5.74, 6) is 4.76. The number of hydrogen-bond acceptors (Lipinski definition) is 8. The maximum absolute atomic E-state index is 11.9. The highest BCUT2D eigenvalue weighted by Crippen LogP contribution is 2.51. The van der Waals surface area contributed by atoms with Crippen LogP contribution >= 0.6 is 35.3 Å². The number of rotatable bonds is 15. The Morgan fingerprint density at radius 1 is 1.24 bits per heavy atom. The molecule has 0 saturated carbocycles. The number of Topliss-reactive ketones (excluding diaryl/α,β-unsaturated/α-hetero) is 1. The van der Waals surface area contributed by atoms with E-state index in [9.17, 15) is 9.59 Å². The summed E-state index contributed by atoms with van der Waals surface area (Å²) in [4.78, 5) is 23.2. The summed E-state index contributed by atoms with van der Waals surface area (Å²) >= 11 is 6.08. The molecule has 0 aliphatic carbocycles. The van der Waals surface area contributed by atoms with Gasteiger partial charge in [-0.1, -0.05) is 13.3 Å². The second-order valence-electron chi connectivity index (χ2n) is 8.32. The van der Waals surface area contributed by atoms with Crippen LogP contribution in [0.2, 0.25) is 0 Å². The fourth-order valence-corrected chi connectivity index (χ4v) is 8.71. The third-order valence-electron chi connectivity index (χ3n) is 5.53. The van der Waals surface area contributed by atoms with Crippen molar-refractivity contribution >= 4 is 47.0 Å². The quantitative estimate of drug-likeness (QED) is 0.154. The summed E-state index contributed by atoms with van der Waals surface area (Å²) in [6.07, 6.45) is 5.20. The molecule has 0 radical (unpaired) electrons. The standard InChI is InChI=1S/C25H38O5S3/c1-6-9-21-22(12-11-20(18(2)26)24(21)29-5)30-14-8-15-31-16-19-17-32-25(3,33-19)13-7-10-23(27)28-4/h11-12,19H,6-10,13-17H2,1-5H3. The van der Waals surface area contributed by atoms with E-state index in [4.69, 9.17) is 14.2 Å². The molecular formula is C25H38O5S3. The van der Waals surface area contributed by atoms with Crippen LogP contribution in [-0.2, 0) is 16.0 Å². The van der Waals surface area contributed by atoms with Crippen LogP contribution in [0, 0.1) is 0 Å². The van der Waals surface area contributed by atoms with Gasteiger partial charge < -0.3 is 14.2 Å². The van der Waals surface area contributed by atoms with E-state index in [0.717, 1.165) is 54.9 Å². The molecule has 1 fully saturated rings. The lowest BCUT2D eigenvalue weighted by Gasteiger charge is -2.22. The Morgan fingerprint density at radius 3 is 2.70 bits per heavy atom. The molecule has 2 atom stereocenters. The van der Waals surface area contributed by atoms with Crippen LogP contribution < -0.4 is 9.47 Å². The third-order valence-corrected chi connectivity index (χ3v) is 10.6. The van der Waals surface area contributed by atoms with Crippen LogP contribution in [0.4, 0.5) is 0 Å². The monoisotopic (exact) mass is 514 g/mol. The molecule has 1 heterocycles. The number of thioether (sulfide) groups is 3. The molecule has 1 aromatic rings. The highest BCUT2D eigenvalue weighted by Gasteiger charge is 2.36. The summed E-state index contributed by atoms with van der Waals surface area (Å²) < 4.78 is 16.6. The maximum Gasteiger partial charge on any atom is 0.305 e. The van der Waals surface area contributed by atoms with Crippen molar-refractivity contribution in [3.8, 4) is 11.5 Å². The highest BCUT2D eigenvalue weighted by molar-refractivity contribution is 8.22. The van der Waals surface area contributed by atoms with Gasteiger partial charge in [0.1, 0.15) is 11.5 Å². The topological polar surface area (TPSA) is 61.8 Å². The van der Waals surface area contributed by atoms with Gasteiger partial charge in [-0.2, -0.15) is 11.8 Å². The van der Waals surface area contributed by atoms with Crippen molar-refractivity contribution in [2.45, 2.75) is 68.6 Å². The van der Waals surface area contributed by atoms with Gasteiger partial charge in [-0.15, -0.1) is 23.5 Å². The minimum atomic E-state index is -0.115. The Bertz CT molecular complexity index is 786. The molecule has 0 aromatic heterocycles. The molecule has 186 valence electrons. The van der Waals surface area contributed by atoms with E-state index >= 15 is 0 Å². The van der Waals surface area contributed by atoms with Gasteiger partial charge in [-0.05, 0) is 57.4 Å². The van der Waals surface area contributed by atoms with Gasteiger partial charge in [0, 0.05) is 28.7 Å². The van der Waals surface area contributed by atoms with E-state index < -0.39 is 0 Å². The zero-order valence-corrected chi connectivity index (χ0v) is 23.0. The Balaban J connectivity index is 1.72. The van der Waals surface area contributed by atoms with Crippen molar-refractivity contribution in [2.24, 2.45) is 0 Å². The van der Waals surface area contributed by atoms with Crippen LogP contribution in [0.25, 0.3) is 0 Å². The molecule has 0 bridgehead atoms. The molecule has 8 heteroatoms. The van der Waals surface area contributed by atoms with E-state index in [2.05, 4.69) is 25.6 Å². The molecule has 1 saturated heterocycles. The Kier molecular flexibility index (Phi) is 12.3. The van der Waals surface area contributed by atoms with Crippen molar-refractivity contribution < 1.29 is 23.8 Å². The number of ether oxygens (including phenoxy) is 3. The number of carbonyl (C=O) groups excluding carboxylic acids is 2. The third kappa shape index (κ3) is 8.95. The van der Waals surface area contributed by atoms with Crippen molar-refractivity contribution in [1.29, 1.82) is 0 Å². The van der Waals surface area contributed by atoms with Crippen LogP contribution in [0.15, 0.2) is 12.1 Å². The number of ketones is 1. The molecule has 1 aliphatic rings. The molecule has 2 unspecified atom stereocenters. The summed E-state index contributed by atoms with van der Waals surface area (Å²) in [6, 6.07) is 3.71. The fourth-order valence-electron chi connectivity index (χ4n) is 3.86. The molecule has 0 amide bonds. The van der Waals surface area contributed by atoms with Gasteiger partial charge >= 0.3 is 5.97 Å². The molecule has 0 spiro atoms. The van der Waals surface area contributed by atoms with Crippen molar-refractivity contribution in [3.63, 3.8) is 0 Å². The van der Waals surface area contributed by atoms with Gasteiger partial charge in [-0.25, -0.2) is 0 Å². The summed E-state index contributed by atoms with van der Waals surface area (Å²) in [5, 5.41) is 0.656. The zero-order chi connectivity index (χ0) is 24.3. The number of carbonyl (C=O) groups is 2.